The van der Waals surface area contributed by atoms with Gasteiger partial charge in [0.2, 0.25) is 0 Å². The van der Waals surface area contributed by atoms with Crippen LogP contribution in [0.2, 0.25) is 10.0 Å². The Bertz CT molecular complexity index is 1590. The van der Waals surface area contributed by atoms with Gasteiger partial charge in [0.25, 0.3) is 5.91 Å². The highest BCUT2D eigenvalue weighted by molar-refractivity contribution is 9.10. The molecular formula is C30H23BrCl2N2O6. The van der Waals surface area contributed by atoms with Crippen molar-refractivity contribution in [3.63, 3.8) is 0 Å². The van der Waals surface area contributed by atoms with E-state index in [4.69, 9.17) is 42.1 Å². The molecule has 0 saturated heterocycles. The van der Waals surface area contributed by atoms with Crippen LogP contribution in [0.5, 0.6) is 23.0 Å². The van der Waals surface area contributed by atoms with Crippen molar-refractivity contribution >= 4 is 57.2 Å². The number of rotatable bonds is 10. The molecule has 4 rings (SSSR count). The van der Waals surface area contributed by atoms with Gasteiger partial charge in [-0.2, -0.15) is 5.10 Å². The maximum absolute atomic E-state index is 12.8. The van der Waals surface area contributed by atoms with Gasteiger partial charge in [0, 0.05) is 31.2 Å². The minimum Gasteiger partial charge on any atom is -0.493 e. The molecule has 0 saturated carbocycles. The average Bonchev–Trinajstić information content (AvgIpc) is 2.97. The van der Waals surface area contributed by atoms with E-state index in [1.54, 1.807) is 72.8 Å². The van der Waals surface area contributed by atoms with Crippen LogP contribution in [0.15, 0.2) is 88.4 Å². The smallest absolute Gasteiger partial charge is 0.343 e. The second-order valence-corrected chi connectivity index (χ2v) is 10.1. The largest absolute Gasteiger partial charge is 0.493 e. The lowest BCUT2D eigenvalue weighted by Crippen LogP contribution is -2.17. The number of carbonyl (C=O) groups excluding carboxylic acids is 2. The summed E-state index contributed by atoms with van der Waals surface area (Å²) in [6, 6.07) is 21.5. The first-order chi connectivity index (χ1) is 19.8. The van der Waals surface area contributed by atoms with Crippen LogP contribution in [0.3, 0.4) is 0 Å². The van der Waals surface area contributed by atoms with Crippen LogP contribution in [-0.2, 0) is 6.61 Å². The summed E-state index contributed by atoms with van der Waals surface area (Å²) in [6.45, 7) is 0.247. The fourth-order valence-corrected chi connectivity index (χ4v) is 4.40. The molecule has 0 heterocycles. The molecule has 1 amide bonds. The highest BCUT2D eigenvalue weighted by Crippen LogP contribution is 2.29. The van der Waals surface area contributed by atoms with E-state index in [1.807, 2.05) is 0 Å². The summed E-state index contributed by atoms with van der Waals surface area (Å²) in [4.78, 5) is 25.4. The lowest BCUT2D eigenvalue weighted by Gasteiger charge is -2.11. The van der Waals surface area contributed by atoms with Crippen LogP contribution in [0.4, 0.5) is 0 Å². The minimum absolute atomic E-state index is 0.244. The highest BCUT2D eigenvalue weighted by atomic mass is 79.9. The molecule has 0 fully saturated rings. The molecule has 0 unspecified atom stereocenters. The van der Waals surface area contributed by atoms with Gasteiger partial charge in [-0.1, -0.05) is 45.2 Å². The maximum Gasteiger partial charge on any atom is 0.343 e. The number of nitrogens with zero attached hydrogens (tertiary/aromatic N) is 1. The first kappa shape index (κ1) is 29.9. The van der Waals surface area contributed by atoms with Crippen molar-refractivity contribution in [2.24, 2.45) is 5.10 Å². The van der Waals surface area contributed by atoms with Gasteiger partial charge >= 0.3 is 5.97 Å². The normalized spacial score (nSPS) is 10.8. The molecule has 0 radical (unpaired) electrons. The van der Waals surface area contributed by atoms with Crippen molar-refractivity contribution in [3.8, 4) is 23.0 Å². The Morgan fingerprint density at radius 2 is 1.56 bits per heavy atom. The zero-order valence-corrected chi connectivity index (χ0v) is 24.9. The van der Waals surface area contributed by atoms with Gasteiger partial charge in [-0.05, 0) is 72.8 Å². The number of halogens is 3. The number of esters is 1. The lowest BCUT2D eigenvalue weighted by molar-refractivity contribution is 0.0733. The topological polar surface area (TPSA) is 95.5 Å². The van der Waals surface area contributed by atoms with Crippen LogP contribution in [-0.4, -0.2) is 32.3 Å². The molecule has 0 bridgehead atoms. The van der Waals surface area contributed by atoms with E-state index < -0.39 is 11.9 Å². The van der Waals surface area contributed by atoms with Crippen LogP contribution < -0.4 is 24.4 Å². The number of hydrogen-bond donors (Lipinski definition) is 1. The number of hydrogen-bond acceptors (Lipinski definition) is 7. The molecule has 1 N–H and O–H groups in total. The zero-order chi connectivity index (χ0) is 29.4. The van der Waals surface area contributed by atoms with Gasteiger partial charge in [-0.3, -0.25) is 4.79 Å². The number of hydrazone groups is 1. The molecule has 4 aromatic rings. The van der Waals surface area contributed by atoms with E-state index in [0.29, 0.717) is 38.4 Å². The quantitative estimate of drug-likeness (QED) is 0.0830. The molecule has 4 aromatic carbocycles. The summed E-state index contributed by atoms with van der Waals surface area (Å²) in [5.41, 5.74) is 4.35. The number of benzene rings is 4. The number of amides is 1. The molecule has 8 nitrogen and oxygen atoms in total. The fourth-order valence-electron chi connectivity index (χ4n) is 3.56. The third-order valence-electron chi connectivity index (χ3n) is 5.69. The van der Waals surface area contributed by atoms with Crippen molar-refractivity contribution in [3.05, 3.63) is 116 Å². The predicted molar refractivity (Wildman–Crippen MR) is 161 cm³/mol. The summed E-state index contributed by atoms with van der Waals surface area (Å²) in [6.07, 6.45) is 1.38. The standard InChI is InChI=1S/C30H23BrCl2N2O6/c1-38-27-11-6-19(14-28(27)39-2)30(37)41-26-12-7-22(31)13-21(26)16-34-35-29(36)18-4-9-24(10-5-18)40-17-20-3-8-23(32)15-25(20)33/h3-16H,17H2,1-2H3,(H,35,36)/b34-16-. The summed E-state index contributed by atoms with van der Waals surface area (Å²) in [7, 11) is 2.98. The van der Waals surface area contributed by atoms with Gasteiger partial charge in [-0.15, -0.1) is 0 Å². The summed E-state index contributed by atoms with van der Waals surface area (Å²) >= 11 is 15.5. The van der Waals surface area contributed by atoms with Crippen LogP contribution in [0, 0.1) is 0 Å². The van der Waals surface area contributed by atoms with Crippen molar-refractivity contribution in [1.82, 2.24) is 5.43 Å². The van der Waals surface area contributed by atoms with Gasteiger partial charge in [0.15, 0.2) is 11.5 Å². The van der Waals surface area contributed by atoms with E-state index in [1.165, 1.54) is 26.5 Å². The second-order valence-electron chi connectivity index (χ2n) is 8.39. The fraction of sp³-hybridized carbons (Fsp3) is 0.100. The third kappa shape index (κ3) is 8.00. The number of carbonyl (C=O) groups is 2. The minimum atomic E-state index is -0.604. The van der Waals surface area contributed by atoms with E-state index in [-0.39, 0.29) is 17.9 Å². The van der Waals surface area contributed by atoms with E-state index >= 15 is 0 Å². The van der Waals surface area contributed by atoms with Gasteiger partial charge in [-0.25, -0.2) is 10.2 Å². The predicted octanol–water partition coefficient (Wildman–Crippen LogP) is 7.34. The van der Waals surface area contributed by atoms with Gasteiger partial charge < -0.3 is 18.9 Å². The lowest BCUT2D eigenvalue weighted by atomic mass is 10.2. The molecule has 11 heteroatoms. The summed E-state index contributed by atoms with van der Waals surface area (Å²) in [5.74, 6) is 0.647. The maximum atomic E-state index is 12.8. The number of ether oxygens (including phenoxy) is 4. The van der Waals surface area contributed by atoms with Crippen molar-refractivity contribution < 1.29 is 28.5 Å². The zero-order valence-electron chi connectivity index (χ0n) is 21.8. The summed E-state index contributed by atoms with van der Waals surface area (Å²) in [5, 5.41) is 5.09. The molecule has 210 valence electrons. The third-order valence-corrected chi connectivity index (χ3v) is 6.77. The van der Waals surface area contributed by atoms with E-state index in [9.17, 15) is 9.59 Å². The first-order valence-electron chi connectivity index (χ1n) is 12.0. The van der Waals surface area contributed by atoms with Gasteiger partial charge in [0.1, 0.15) is 18.1 Å². The van der Waals surface area contributed by atoms with E-state index in [0.717, 1.165) is 10.0 Å². The Hall–Kier alpha value is -4.05. The summed E-state index contributed by atoms with van der Waals surface area (Å²) < 4.78 is 22.5. The van der Waals surface area contributed by atoms with E-state index in [2.05, 4.69) is 26.5 Å². The van der Waals surface area contributed by atoms with Crippen LogP contribution in [0.25, 0.3) is 0 Å². The first-order valence-corrected chi connectivity index (χ1v) is 13.6. The second kappa shape index (κ2) is 14.0. The van der Waals surface area contributed by atoms with Gasteiger partial charge in [0.05, 0.1) is 26.0 Å². The molecule has 0 atom stereocenters. The molecule has 0 aliphatic rings. The van der Waals surface area contributed by atoms with Crippen molar-refractivity contribution in [2.45, 2.75) is 6.61 Å². The monoisotopic (exact) mass is 656 g/mol. The molecule has 0 spiro atoms. The van der Waals surface area contributed by atoms with Crippen LogP contribution in [0.1, 0.15) is 31.8 Å². The Morgan fingerprint density at radius 3 is 2.27 bits per heavy atom. The molecule has 0 aliphatic carbocycles. The number of methoxy groups -OCH3 is 2. The number of nitrogens with one attached hydrogen (secondary N) is 1. The Balaban J connectivity index is 1.38. The Morgan fingerprint density at radius 1 is 0.854 bits per heavy atom. The molecule has 0 aliphatic heterocycles. The molecular weight excluding hydrogens is 635 g/mol. The average molecular weight is 658 g/mol. The Kier molecular flexibility index (Phi) is 10.2. The Labute approximate surface area is 254 Å². The molecule has 41 heavy (non-hydrogen) atoms. The van der Waals surface area contributed by atoms with Crippen molar-refractivity contribution in [1.29, 1.82) is 0 Å². The highest BCUT2D eigenvalue weighted by Gasteiger charge is 2.15. The SMILES string of the molecule is COc1ccc(C(=O)Oc2ccc(Br)cc2/C=N\NC(=O)c2ccc(OCc3ccc(Cl)cc3Cl)cc2)cc1OC. The van der Waals surface area contributed by atoms with Crippen molar-refractivity contribution in [2.75, 3.05) is 14.2 Å². The molecule has 0 aromatic heterocycles. The van der Waals surface area contributed by atoms with Crippen LogP contribution >= 0.6 is 39.1 Å².